The van der Waals surface area contributed by atoms with E-state index in [0.717, 1.165) is 13.1 Å². The van der Waals surface area contributed by atoms with E-state index in [0.29, 0.717) is 0 Å². The molecule has 0 aliphatic rings. The predicted molar refractivity (Wildman–Crippen MR) is 38.7 cm³/mol. The molecule has 3 nitrogen and oxygen atoms in total. The Hall–Kier alpha value is 0.0200. The summed E-state index contributed by atoms with van der Waals surface area (Å²) in [5, 5.41) is 5.99. The van der Waals surface area contributed by atoms with Gasteiger partial charge in [0.25, 0.3) is 0 Å². The van der Waals surface area contributed by atoms with Crippen molar-refractivity contribution in [3.05, 3.63) is 0 Å². The van der Waals surface area contributed by atoms with Crippen molar-refractivity contribution < 1.29 is 4.57 Å². The van der Waals surface area contributed by atoms with Crippen LogP contribution in [0.4, 0.5) is 0 Å². The Kier molecular flexibility index (Phi) is 6.16. The van der Waals surface area contributed by atoms with Crippen LogP contribution in [0.3, 0.4) is 0 Å². The quantitative estimate of drug-likeness (QED) is 0.447. The normalized spacial score (nSPS) is 11.0. The third-order valence-electron chi connectivity index (χ3n) is 0.900. The second kappa shape index (κ2) is 6.14. The van der Waals surface area contributed by atoms with Gasteiger partial charge in [-0.05, 0) is 13.1 Å². The average molecular weight is 148 g/mol. The SMILES string of the molecule is CCNC(NCC)P=O. The minimum Gasteiger partial charge on any atom is -0.292 e. The second-order valence-corrected chi connectivity index (χ2v) is 2.35. The molecule has 0 spiro atoms. The van der Waals surface area contributed by atoms with Gasteiger partial charge < -0.3 is 0 Å². The van der Waals surface area contributed by atoms with Crippen LogP contribution >= 0.6 is 8.46 Å². The van der Waals surface area contributed by atoms with Gasteiger partial charge in [-0.15, -0.1) is 0 Å². The summed E-state index contributed by atoms with van der Waals surface area (Å²) >= 11 is 0. The first-order chi connectivity index (χ1) is 4.35. The second-order valence-electron chi connectivity index (χ2n) is 1.62. The highest BCUT2D eigenvalue weighted by molar-refractivity contribution is 7.24. The van der Waals surface area contributed by atoms with Crippen molar-refractivity contribution in [1.29, 1.82) is 0 Å². The highest BCUT2D eigenvalue weighted by Gasteiger charge is 2.00. The molecular formula is C5H13N2OP. The summed E-state index contributed by atoms with van der Waals surface area (Å²) in [5.74, 6) is -0.0694. The maximum Gasteiger partial charge on any atom is 0.190 e. The molecule has 9 heavy (non-hydrogen) atoms. The Bertz CT molecular complexity index is 73.4. The first-order valence-corrected chi connectivity index (χ1v) is 4.02. The van der Waals surface area contributed by atoms with Crippen molar-refractivity contribution in [3.8, 4) is 0 Å². The van der Waals surface area contributed by atoms with Crippen LogP contribution < -0.4 is 10.6 Å². The summed E-state index contributed by atoms with van der Waals surface area (Å²) in [7, 11) is 0.119. The lowest BCUT2D eigenvalue weighted by molar-refractivity contribution is 0.531. The Morgan fingerprint density at radius 2 is 1.78 bits per heavy atom. The van der Waals surface area contributed by atoms with Gasteiger partial charge in [0, 0.05) is 0 Å². The van der Waals surface area contributed by atoms with E-state index in [2.05, 4.69) is 10.6 Å². The van der Waals surface area contributed by atoms with Gasteiger partial charge in [0.2, 0.25) is 0 Å². The van der Waals surface area contributed by atoms with E-state index >= 15 is 0 Å². The smallest absolute Gasteiger partial charge is 0.190 e. The lowest BCUT2D eigenvalue weighted by atomic mass is 10.7. The molecule has 0 heterocycles. The molecule has 0 atom stereocenters. The highest BCUT2D eigenvalue weighted by atomic mass is 31.1. The van der Waals surface area contributed by atoms with Gasteiger partial charge in [-0.3, -0.25) is 15.2 Å². The van der Waals surface area contributed by atoms with E-state index in [1.165, 1.54) is 0 Å². The Morgan fingerprint density at radius 3 is 2.00 bits per heavy atom. The Labute approximate surface area is 57.4 Å². The van der Waals surface area contributed by atoms with Gasteiger partial charge >= 0.3 is 0 Å². The van der Waals surface area contributed by atoms with Crippen molar-refractivity contribution >= 4 is 8.46 Å². The van der Waals surface area contributed by atoms with Gasteiger partial charge in [0.05, 0.1) is 0 Å². The molecule has 0 bridgehead atoms. The zero-order chi connectivity index (χ0) is 7.11. The van der Waals surface area contributed by atoms with Crippen LogP contribution in [0.2, 0.25) is 0 Å². The monoisotopic (exact) mass is 148 g/mol. The zero-order valence-corrected chi connectivity index (χ0v) is 6.74. The maximum atomic E-state index is 10.3. The fourth-order valence-electron chi connectivity index (χ4n) is 0.533. The minimum atomic E-state index is -0.0694. The van der Waals surface area contributed by atoms with E-state index < -0.39 is 0 Å². The molecule has 54 valence electrons. The molecule has 0 aliphatic heterocycles. The fourth-order valence-corrected chi connectivity index (χ4v) is 1.05. The topological polar surface area (TPSA) is 41.1 Å². The summed E-state index contributed by atoms with van der Waals surface area (Å²) in [4.78, 5) is 0. The first kappa shape index (κ1) is 9.02. The van der Waals surface area contributed by atoms with Crippen LogP contribution in [0.25, 0.3) is 0 Å². The van der Waals surface area contributed by atoms with Crippen LogP contribution in [-0.4, -0.2) is 19.0 Å². The van der Waals surface area contributed by atoms with Crippen molar-refractivity contribution in [1.82, 2.24) is 10.6 Å². The minimum absolute atomic E-state index is 0.0694. The maximum absolute atomic E-state index is 10.3. The molecule has 0 aromatic heterocycles. The van der Waals surface area contributed by atoms with Gasteiger partial charge in [0.15, 0.2) is 8.46 Å². The molecule has 0 radical (unpaired) electrons. The third kappa shape index (κ3) is 4.52. The standard InChI is InChI=1S/C5H13N2OP/c1-3-6-5(9-8)7-4-2/h5-7H,3-4H2,1-2H3. The molecule has 0 saturated heterocycles. The van der Waals surface area contributed by atoms with Crippen LogP contribution in [0, 0.1) is 0 Å². The average Bonchev–Trinajstić information content (AvgIpc) is 1.88. The van der Waals surface area contributed by atoms with E-state index in [4.69, 9.17) is 0 Å². The number of hydrogen-bond acceptors (Lipinski definition) is 3. The first-order valence-electron chi connectivity index (χ1n) is 3.14. The summed E-state index contributed by atoms with van der Waals surface area (Å²) < 4.78 is 10.3. The molecular weight excluding hydrogens is 135 g/mol. The molecule has 0 unspecified atom stereocenters. The summed E-state index contributed by atoms with van der Waals surface area (Å²) in [6.07, 6.45) is 0. The molecule has 0 aromatic rings. The molecule has 0 rings (SSSR count). The zero-order valence-electron chi connectivity index (χ0n) is 5.85. The number of nitrogens with one attached hydrogen (secondary N) is 2. The van der Waals surface area contributed by atoms with Gasteiger partial charge in [-0.1, -0.05) is 13.8 Å². The van der Waals surface area contributed by atoms with Gasteiger partial charge in [-0.25, -0.2) is 0 Å². The van der Waals surface area contributed by atoms with Crippen molar-refractivity contribution in [2.24, 2.45) is 0 Å². The van der Waals surface area contributed by atoms with Crippen molar-refractivity contribution in [3.63, 3.8) is 0 Å². The molecule has 2 N–H and O–H groups in total. The van der Waals surface area contributed by atoms with Crippen LogP contribution in [-0.2, 0) is 4.57 Å². The van der Waals surface area contributed by atoms with E-state index in [9.17, 15) is 4.57 Å². The van der Waals surface area contributed by atoms with Crippen LogP contribution in [0.5, 0.6) is 0 Å². The van der Waals surface area contributed by atoms with E-state index in [1.54, 1.807) is 0 Å². The molecule has 0 fully saturated rings. The van der Waals surface area contributed by atoms with Crippen molar-refractivity contribution in [2.45, 2.75) is 19.8 Å². The van der Waals surface area contributed by atoms with E-state index in [1.807, 2.05) is 13.8 Å². The number of hydrogen-bond donors (Lipinski definition) is 2. The van der Waals surface area contributed by atoms with Gasteiger partial charge in [-0.2, -0.15) is 0 Å². The Morgan fingerprint density at radius 1 is 1.33 bits per heavy atom. The molecule has 0 amide bonds. The van der Waals surface area contributed by atoms with E-state index in [-0.39, 0.29) is 14.4 Å². The summed E-state index contributed by atoms with van der Waals surface area (Å²) in [6, 6.07) is 0. The lowest BCUT2D eigenvalue weighted by Gasteiger charge is -2.08. The number of rotatable bonds is 5. The van der Waals surface area contributed by atoms with Gasteiger partial charge in [0.1, 0.15) is 5.91 Å². The largest absolute Gasteiger partial charge is 0.292 e. The Balaban J connectivity index is 3.29. The molecule has 0 aliphatic carbocycles. The fraction of sp³-hybridized carbons (Fsp3) is 1.00. The summed E-state index contributed by atoms with van der Waals surface area (Å²) in [6.45, 7) is 5.64. The molecule has 0 saturated carbocycles. The van der Waals surface area contributed by atoms with Crippen LogP contribution in [0.15, 0.2) is 0 Å². The third-order valence-corrected chi connectivity index (χ3v) is 1.48. The lowest BCUT2D eigenvalue weighted by Crippen LogP contribution is -2.37. The van der Waals surface area contributed by atoms with Crippen molar-refractivity contribution in [2.75, 3.05) is 13.1 Å². The molecule has 0 aromatic carbocycles. The van der Waals surface area contributed by atoms with Crippen LogP contribution in [0.1, 0.15) is 13.8 Å². The summed E-state index contributed by atoms with van der Waals surface area (Å²) in [5.41, 5.74) is 0. The highest BCUT2D eigenvalue weighted by Crippen LogP contribution is 1.96. The predicted octanol–water partition coefficient (Wildman–Crippen LogP) is 0.781. The molecule has 4 heteroatoms.